The van der Waals surface area contributed by atoms with Crippen LogP contribution in [0, 0.1) is 5.92 Å². The molecule has 2 rings (SSSR count). The summed E-state index contributed by atoms with van der Waals surface area (Å²) in [4.78, 5) is 1.59. The molecule has 1 fully saturated rings. The maximum Gasteiger partial charge on any atom is 0.0108 e. The molecule has 84 valence electrons. The van der Waals surface area contributed by atoms with E-state index in [9.17, 15) is 0 Å². The van der Waals surface area contributed by atoms with Gasteiger partial charge >= 0.3 is 0 Å². The molecule has 0 bridgehead atoms. The normalized spacial score (nSPS) is 30.1. The first-order valence-electron chi connectivity index (χ1n) is 6.13. The van der Waals surface area contributed by atoms with Gasteiger partial charge in [-0.05, 0) is 42.7 Å². The molecular formula is C13H21NS. The fourth-order valence-electron chi connectivity index (χ4n) is 2.67. The van der Waals surface area contributed by atoms with Crippen LogP contribution in [0.5, 0.6) is 0 Å². The van der Waals surface area contributed by atoms with Crippen LogP contribution >= 0.6 is 11.3 Å². The maximum absolute atomic E-state index is 3.67. The molecule has 1 aliphatic rings. The van der Waals surface area contributed by atoms with Crippen LogP contribution in [0.4, 0.5) is 0 Å². The minimum Gasteiger partial charge on any atom is -0.314 e. The third kappa shape index (κ3) is 2.26. The quantitative estimate of drug-likeness (QED) is 0.804. The second kappa shape index (κ2) is 5.13. The molecule has 0 amide bonds. The first-order chi connectivity index (χ1) is 7.36. The van der Waals surface area contributed by atoms with Crippen molar-refractivity contribution < 1.29 is 0 Å². The second-order valence-electron chi connectivity index (χ2n) is 4.49. The minimum atomic E-state index is 0.780. The average Bonchev–Trinajstić information content (AvgIpc) is 2.70. The van der Waals surface area contributed by atoms with Crippen molar-refractivity contribution in [2.75, 3.05) is 6.54 Å². The lowest BCUT2D eigenvalue weighted by atomic mass is 9.67. The molecule has 1 saturated carbocycles. The van der Waals surface area contributed by atoms with Gasteiger partial charge in [-0.1, -0.05) is 26.3 Å². The van der Waals surface area contributed by atoms with Crippen LogP contribution in [0.25, 0.3) is 0 Å². The highest BCUT2D eigenvalue weighted by atomic mass is 32.1. The van der Waals surface area contributed by atoms with Gasteiger partial charge in [-0.2, -0.15) is 0 Å². The molecule has 0 aromatic carbocycles. The first kappa shape index (κ1) is 11.2. The molecule has 15 heavy (non-hydrogen) atoms. The third-order valence-electron chi connectivity index (χ3n) is 3.58. The Morgan fingerprint density at radius 2 is 2.33 bits per heavy atom. The Morgan fingerprint density at radius 3 is 2.93 bits per heavy atom. The van der Waals surface area contributed by atoms with Crippen LogP contribution in [0.3, 0.4) is 0 Å². The molecule has 1 heterocycles. The van der Waals surface area contributed by atoms with Crippen molar-refractivity contribution in [3.05, 3.63) is 22.4 Å². The Bertz CT molecular complexity index is 281. The van der Waals surface area contributed by atoms with Gasteiger partial charge in [0.15, 0.2) is 0 Å². The third-order valence-corrected chi connectivity index (χ3v) is 4.58. The van der Waals surface area contributed by atoms with Crippen LogP contribution in [0.2, 0.25) is 0 Å². The van der Waals surface area contributed by atoms with Gasteiger partial charge in [0.25, 0.3) is 0 Å². The van der Waals surface area contributed by atoms with Crippen molar-refractivity contribution in [3.8, 4) is 0 Å². The fraction of sp³-hybridized carbons (Fsp3) is 0.692. The highest BCUT2D eigenvalue weighted by Crippen LogP contribution is 2.45. The van der Waals surface area contributed by atoms with Gasteiger partial charge in [0, 0.05) is 10.9 Å². The molecule has 3 unspecified atom stereocenters. The van der Waals surface area contributed by atoms with Gasteiger partial charge in [-0.3, -0.25) is 0 Å². The summed E-state index contributed by atoms with van der Waals surface area (Å²) in [7, 11) is 0. The standard InChI is InChI=1S/C13H21NS/c1-3-7-14-12-9-11(10(12)4-2)13-6-5-8-15-13/h5-6,8,10-12,14H,3-4,7,9H2,1-2H3. The molecule has 1 nitrogen and oxygen atoms in total. The molecule has 0 aliphatic heterocycles. The lowest BCUT2D eigenvalue weighted by Gasteiger charge is -2.44. The zero-order valence-corrected chi connectivity index (χ0v) is 10.5. The van der Waals surface area contributed by atoms with E-state index in [0.29, 0.717) is 0 Å². The molecule has 1 aromatic heterocycles. The predicted molar refractivity (Wildman–Crippen MR) is 67.5 cm³/mol. The van der Waals surface area contributed by atoms with Crippen LogP contribution in [0.1, 0.15) is 43.9 Å². The van der Waals surface area contributed by atoms with Gasteiger partial charge in [0.05, 0.1) is 0 Å². The van der Waals surface area contributed by atoms with Crippen LogP contribution < -0.4 is 5.32 Å². The molecule has 2 heteroatoms. The van der Waals surface area contributed by atoms with Crippen molar-refractivity contribution in [2.24, 2.45) is 5.92 Å². The molecule has 3 atom stereocenters. The van der Waals surface area contributed by atoms with Crippen LogP contribution in [-0.4, -0.2) is 12.6 Å². The molecule has 0 radical (unpaired) electrons. The SMILES string of the molecule is CCCNC1CC(c2cccs2)C1CC. The van der Waals surface area contributed by atoms with Crippen LogP contribution in [0.15, 0.2) is 17.5 Å². The summed E-state index contributed by atoms with van der Waals surface area (Å²) in [6, 6.07) is 5.26. The number of hydrogen-bond acceptors (Lipinski definition) is 2. The Hall–Kier alpha value is -0.340. The second-order valence-corrected chi connectivity index (χ2v) is 5.47. The van der Waals surface area contributed by atoms with Crippen molar-refractivity contribution in [1.29, 1.82) is 0 Å². The monoisotopic (exact) mass is 223 g/mol. The Labute approximate surface area is 96.9 Å². The van der Waals surface area contributed by atoms with E-state index in [1.807, 2.05) is 11.3 Å². The lowest BCUT2D eigenvalue weighted by molar-refractivity contribution is 0.163. The zero-order valence-electron chi connectivity index (χ0n) is 9.70. The number of rotatable bonds is 5. The summed E-state index contributed by atoms with van der Waals surface area (Å²) in [6.45, 7) is 5.74. The van der Waals surface area contributed by atoms with Crippen molar-refractivity contribution in [2.45, 2.75) is 45.1 Å². The summed E-state index contributed by atoms with van der Waals surface area (Å²) in [5.41, 5.74) is 0. The largest absolute Gasteiger partial charge is 0.314 e. The summed E-state index contributed by atoms with van der Waals surface area (Å²) in [5.74, 6) is 1.71. The lowest BCUT2D eigenvalue weighted by Crippen LogP contribution is -2.48. The number of hydrogen-bond donors (Lipinski definition) is 1. The number of thiophene rings is 1. The molecule has 1 N–H and O–H groups in total. The first-order valence-corrected chi connectivity index (χ1v) is 7.01. The number of nitrogens with one attached hydrogen (secondary N) is 1. The smallest absolute Gasteiger partial charge is 0.0108 e. The van der Waals surface area contributed by atoms with Gasteiger partial charge in [0.2, 0.25) is 0 Å². The van der Waals surface area contributed by atoms with E-state index in [1.54, 1.807) is 4.88 Å². The van der Waals surface area contributed by atoms with E-state index in [4.69, 9.17) is 0 Å². The summed E-state index contributed by atoms with van der Waals surface area (Å²) in [6.07, 6.45) is 3.90. The predicted octanol–water partition coefficient (Wildman–Crippen LogP) is 3.63. The highest BCUT2D eigenvalue weighted by Gasteiger charge is 2.40. The molecule has 0 saturated heterocycles. The van der Waals surface area contributed by atoms with E-state index < -0.39 is 0 Å². The van der Waals surface area contributed by atoms with Gasteiger partial charge in [-0.15, -0.1) is 11.3 Å². The van der Waals surface area contributed by atoms with Gasteiger partial charge in [0.1, 0.15) is 0 Å². The summed E-state index contributed by atoms with van der Waals surface area (Å²) < 4.78 is 0. The van der Waals surface area contributed by atoms with E-state index >= 15 is 0 Å². The van der Waals surface area contributed by atoms with E-state index in [0.717, 1.165) is 17.9 Å². The Balaban J connectivity index is 1.90. The van der Waals surface area contributed by atoms with Gasteiger partial charge < -0.3 is 5.32 Å². The van der Waals surface area contributed by atoms with E-state index in [-0.39, 0.29) is 0 Å². The molecule has 1 aromatic rings. The minimum absolute atomic E-state index is 0.780. The molecule has 1 aliphatic carbocycles. The fourth-order valence-corrected chi connectivity index (χ4v) is 3.59. The summed E-state index contributed by atoms with van der Waals surface area (Å²) in [5, 5.41) is 5.87. The average molecular weight is 223 g/mol. The highest BCUT2D eigenvalue weighted by molar-refractivity contribution is 7.10. The molecule has 0 spiro atoms. The van der Waals surface area contributed by atoms with E-state index in [2.05, 4.69) is 36.7 Å². The topological polar surface area (TPSA) is 12.0 Å². The molecular weight excluding hydrogens is 202 g/mol. The van der Waals surface area contributed by atoms with Crippen molar-refractivity contribution >= 4 is 11.3 Å². The van der Waals surface area contributed by atoms with Crippen molar-refractivity contribution in [3.63, 3.8) is 0 Å². The van der Waals surface area contributed by atoms with Crippen molar-refractivity contribution in [1.82, 2.24) is 5.32 Å². The van der Waals surface area contributed by atoms with E-state index in [1.165, 1.54) is 25.8 Å². The Morgan fingerprint density at radius 1 is 1.47 bits per heavy atom. The Kier molecular flexibility index (Phi) is 3.81. The zero-order chi connectivity index (χ0) is 10.7. The maximum atomic E-state index is 3.67. The van der Waals surface area contributed by atoms with Gasteiger partial charge in [-0.25, -0.2) is 0 Å². The van der Waals surface area contributed by atoms with Crippen LogP contribution in [-0.2, 0) is 0 Å². The summed E-state index contributed by atoms with van der Waals surface area (Å²) >= 11 is 1.92.